The van der Waals surface area contributed by atoms with Gasteiger partial charge in [0, 0.05) is 21.1 Å². The monoisotopic (exact) mass is 383 g/mol. The van der Waals surface area contributed by atoms with Gasteiger partial charge in [0.15, 0.2) is 0 Å². The molecular formula is C15H15Br2NO. The minimum absolute atomic E-state index is 0.713. The first kappa shape index (κ1) is 14.4. The van der Waals surface area contributed by atoms with Crippen LogP contribution in [0.25, 0.3) is 0 Å². The maximum Gasteiger partial charge on any atom is 0.123 e. The molecule has 0 spiro atoms. The van der Waals surface area contributed by atoms with Gasteiger partial charge in [0.1, 0.15) is 5.75 Å². The summed E-state index contributed by atoms with van der Waals surface area (Å²) in [4.78, 5) is 0. The van der Waals surface area contributed by atoms with E-state index in [0.29, 0.717) is 6.54 Å². The molecule has 19 heavy (non-hydrogen) atoms. The fraction of sp³-hybridized carbons (Fsp3) is 0.200. The van der Waals surface area contributed by atoms with Gasteiger partial charge in [-0.2, -0.15) is 0 Å². The molecular weight excluding hydrogens is 370 g/mol. The smallest absolute Gasteiger partial charge is 0.123 e. The zero-order valence-corrected chi connectivity index (χ0v) is 14.0. The zero-order valence-electron chi connectivity index (χ0n) is 10.8. The van der Waals surface area contributed by atoms with Crippen molar-refractivity contribution in [2.24, 2.45) is 0 Å². The fourth-order valence-corrected chi connectivity index (χ4v) is 3.60. The van der Waals surface area contributed by atoms with Crippen LogP contribution in [0, 0.1) is 6.92 Å². The number of methoxy groups -OCH3 is 1. The average Bonchev–Trinajstić information content (AvgIpc) is 2.38. The highest BCUT2D eigenvalue weighted by Crippen LogP contribution is 2.33. The van der Waals surface area contributed by atoms with Gasteiger partial charge in [0.25, 0.3) is 0 Å². The number of hydrogen-bond acceptors (Lipinski definition) is 2. The van der Waals surface area contributed by atoms with E-state index in [1.807, 2.05) is 18.2 Å². The Balaban J connectivity index is 2.19. The van der Waals surface area contributed by atoms with Crippen molar-refractivity contribution >= 4 is 37.5 Å². The number of rotatable bonds is 4. The highest BCUT2D eigenvalue weighted by atomic mass is 79.9. The Hall–Kier alpha value is -1.000. The Labute approximate surface area is 130 Å². The number of para-hydroxylation sites is 1. The van der Waals surface area contributed by atoms with E-state index in [4.69, 9.17) is 4.74 Å². The molecule has 0 aromatic heterocycles. The van der Waals surface area contributed by atoms with E-state index in [-0.39, 0.29) is 0 Å². The van der Waals surface area contributed by atoms with Crippen molar-refractivity contribution in [3.05, 3.63) is 56.5 Å². The van der Waals surface area contributed by atoms with Crippen LogP contribution in [0.1, 0.15) is 11.1 Å². The fourth-order valence-electron chi connectivity index (χ4n) is 1.90. The number of ether oxygens (including phenoxy) is 1. The van der Waals surface area contributed by atoms with Crippen molar-refractivity contribution in [3.63, 3.8) is 0 Å². The van der Waals surface area contributed by atoms with Crippen LogP contribution in [0.2, 0.25) is 0 Å². The van der Waals surface area contributed by atoms with Crippen LogP contribution in [0.15, 0.2) is 45.3 Å². The van der Waals surface area contributed by atoms with Gasteiger partial charge in [0.05, 0.1) is 12.8 Å². The Morgan fingerprint density at radius 1 is 1.11 bits per heavy atom. The first-order valence-electron chi connectivity index (χ1n) is 5.93. The standard InChI is InChI=1S/C15H15Br2NO/c1-10-7-12(16)15(13(17)8-10)18-9-11-5-3-4-6-14(11)19-2/h3-8,18H,9H2,1-2H3. The average molecular weight is 385 g/mol. The molecule has 0 amide bonds. The van der Waals surface area contributed by atoms with Crippen LogP contribution in [0.4, 0.5) is 5.69 Å². The summed E-state index contributed by atoms with van der Waals surface area (Å²) in [5.74, 6) is 0.898. The van der Waals surface area contributed by atoms with Crippen LogP contribution in [-0.2, 0) is 6.54 Å². The lowest BCUT2D eigenvalue weighted by atomic mass is 10.2. The van der Waals surface area contributed by atoms with Gasteiger partial charge in [-0.15, -0.1) is 0 Å². The highest BCUT2D eigenvalue weighted by molar-refractivity contribution is 9.11. The number of halogens is 2. The Kier molecular flexibility index (Phi) is 4.88. The van der Waals surface area contributed by atoms with Crippen molar-refractivity contribution in [2.75, 3.05) is 12.4 Å². The summed E-state index contributed by atoms with van der Waals surface area (Å²) in [6.07, 6.45) is 0. The molecule has 1 N–H and O–H groups in total. The molecule has 2 rings (SSSR count). The minimum Gasteiger partial charge on any atom is -0.496 e. The second kappa shape index (κ2) is 6.44. The minimum atomic E-state index is 0.713. The van der Waals surface area contributed by atoms with Crippen LogP contribution >= 0.6 is 31.9 Å². The number of hydrogen-bond donors (Lipinski definition) is 1. The normalized spacial score (nSPS) is 10.3. The third-order valence-electron chi connectivity index (χ3n) is 2.83. The van der Waals surface area contributed by atoms with Gasteiger partial charge in [0.2, 0.25) is 0 Å². The van der Waals surface area contributed by atoms with Crippen LogP contribution in [0.5, 0.6) is 5.75 Å². The molecule has 2 aromatic carbocycles. The van der Waals surface area contributed by atoms with Crippen molar-refractivity contribution < 1.29 is 4.74 Å². The molecule has 0 saturated heterocycles. The van der Waals surface area contributed by atoms with Crippen LogP contribution in [-0.4, -0.2) is 7.11 Å². The molecule has 0 radical (unpaired) electrons. The summed E-state index contributed by atoms with van der Waals surface area (Å²) in [6.45, 7) is 2.78. The zero-order chi connectivity index (χ0) is 13.8. The molecule has 0 bridgehead atoms. The topological polar surface area (TPSA) is 21.3 Å². The largest absolute Gasteiger partial charge is 0.496 e. The van der Waals surface area contributed by atoms with E-state index in [1.54, 1.807) is 7.11 Å². The molecule has 2 aromatic rings. The van der Waals surface area contributed by atoms with E-state index >= 15 is 0 Å². The lowest BCUT2D eigenvalue weighted by Crippen LogP contribution is -2.03. The quantitative estimate of drug-likeness (QED) is 0.787. The Morgan fingerprint density at radius 3 is 2.37 bits per heavy atom. The van der Waals surface area contributed by atoms with Crippen LogP contribution in [0.3, 0.4) is 0 Å². The van der Waals surface area contributed by atoms with Crippen molar-refractivity contribution in [1.82, 2.24) is 0 Å². The molecule has 0 aliphatic rings. The third-order valence-corrected chi connectivity index (χ3v) is 4.09. The molecule has 0 saturated carbocycles. The molecule has 2 nitrogen and oxygen atoms in total. The predicted molar refractivity (Wildman–Crippen MR) is 86.9 cm³/mol. The summed E-state index contributed by atoms with van der Waals surface area (Å²) in [6, 6.07) is 12.2. The molecule has 0 unspecified atom stereocenters. The van der Waals surface area contributed by atoms with Gasteiger partial charge in [-0.1, -0.05) is 18.2 Å². The second-order valence-electron chi connectivity index (χ2n) is 4.27. The second-order valence-corrected chi connectivity index (χ2v) is 5.98. The molecule has 0 atom stereocenters. The molecule has 0 heterocycles. The molecule has 0 fully saturated rings. The summed E-state index contributed by atoms with van der Waals surface area (Å²) in [7, 11) is 1.69. The highest BCUT2D eigenvalue weighted by Gasteiger charge is 2.07. The Morgan fingerprint density at radius 2 is 1.74 bits per heavy atom. The SMILES string of the molecule is COc1ccccc1CNc1c(Br)cc(C)cc1Br. The van der Waals surface area contributed by atoms with E-state index in [0.717, 1.165) is 25.9 Å². The number of benzene rings is 2. The maximum absolute atomic E-state index is 5.35. The molecule has 0 aliphatic heterocycles. The van der Waals surface area contributed by atoms with Crippen molar-refractivity contribution in [2.45, 2.75) is 13.5 Å². The number of nitrogens with one attached hydrogen (secondary N) is 1. The van der Waals surface area contributed by atoms with E-state index in [9.17, 15) is 0 Å². The van der Waals surface area contributed by atoms with Crippen LogP contribution < -0.4 is 10.1 Å². The lowest BCUT2D eigenvalue weighted by molar-refractivity contribution is 0.410. The van der Waals surface area contributed by atoms with E-state index in [2.05, 4.69) is 62.3 Å². The maximum atomic E-state index is 5.35. The van der Waals surface area contributed by atoms with Gasteiger partial charge in [-0.3, -0.25) is 0 Å². The molecule has 0 aliphatic carbocycles. The third kappa shape index (κ3) is 3.51. The summed E-state index contributed by atoms with van der Waals surface area (Å²) >= 11 is 7.17. The first-order chi connectivity index (χ1) is 9.11. The number of anilines is 1. The van der Waals surface area contributed by atoms with Gasteiger partial charge >= 0.3 is 0 Å². The van der Waals surface area contributed by atoms with E-state index < -0.39 is 0 Å². The predicted octanol–water partition coefficient (Wildman–Crippen LogP) is 5.14. The van der Waals surface area contributed by atoms with Gasteiger partial charge in [-0.05, 0) is 62.5 Å². The van der Waals surface area contributed by atoms with E-state index in [1.165, 1.54) is 5.56 Å². The molecule has 4 heteroatoms. The number of aryl methyl sites for hydroxylation is 1. The van der Waals surface area contributed by atoms with Gasteiger partial charge < -0.3 is 10.1 Å². The van der Waals surface area contributed by atoms with Crippen molar-refractivity contribution in [1.29, 1.82) is 0 Å². The Bertz CT molecular complexity index is 561. The summed E-state index contributed by atoms with van der Waals surface area (Å²) in [5.41, 5.74) is 3.39. The summed E-state index contributed by atoms with van der Waals surface area (Å²) in [5, 5.41) is 3.43. The van der Waals surface area contributed by atoms with Crippen molar-refractivity contribution in [3.8, 4) is 5.75 Å². The van der Waals surface area contributed by atoms with Gasteiger partial charge in [-0.25, -0.2) is 0 Å². The molecule has 100 valence electrons. The first-order valence-corrected chi connectivity index (χ1v) is 7.52. The summed E-state index contributed by atoms with van der Waals surface area (Å²) < 4.78 is 7.45. The lowest BCUT2D eigenvalue weighted by Gasteiger charge is -2.13.